The van der Waals surface area contributed by atoms with E-state index in [0.717, 1.165) is 24.8 Å². The van der Waals surface area contributed by atoms with Gasteiger partial charge in [0.1, 0.15) is 11.8 Å². The Kier molecular flexibility index (Phi) is 10.4. The van der Waals surface area contributed by atoms with Crippen molar-refractivity contribution in [3.05, 3.63) is 58.6 Å². The van der Waals surface area contributed by atoms with Crippen molar-refractivity contribution in [2.45, 2.75) is 78.1 Å². The molecule has 0 bridgehead atoms. The summed E-state index contributed by atoms with van der Waals surface area (Å²) >= 11 is 6.53. The van der Waals surface area contributed by atoms with Crippen LogP contribution in [0.5, 0.6) is 5.75 Å². The van der Waals surface area contributed by atoms with Gasteiger partial charge in [-0.25, -0.2) is 4.79 Å². The van der Waals surface area contributed by atoms with E-state index in [9.17, 15) is 14.4 Å². The molecule has 2 atom stereocenters. The van der Waals surface area contributed by atoms with Crippen LogP contribution in [0.4, 0.5) is 10.5 Å². The number of ether oxygens (including phenoxy) is 2. The van der Waals surface area contributed by atoms with Crippen LogP contribution in [0.25, 0.3) is 0 Å². The zero-order valence-electron chi connectivity index (χ0n) is 25.3. The van der Waals surface area contributed by atoms with E-state index in [0.29, 0.717) is 41.7 Å². The van der Waals surface area contributed by atoms with Gasteiger partial charge in [-0.15, -0.1) is 0 Å². The molecule has 1 fully saturated rings. The van der Waals surface area contributed by atoms with Crippen LogP contribution in [-0.2, 0) is 16.1 Å². The van der Waals surface area contributed by atoms with Crippen molar-refractivity contribution in [1.82, 2.24) is 15.1 Å². The first kappa shape index (κ1) is 31.6. The van der Waals surface area contributed by atoms with Crippen LogP contribution in [0.1, 0.15) is 69.8 Å². The van der Waals surface area contributed by atoms with Crippen molar-refractivity contribution in [1.29, 1.82) is 0 Å². The summed E-state index contributed by atoms with van der Waals surface area (Å²) in [4.78, 5) is 46.4. The Hall–Kier alpha value is -3.30. The minimum absolute atomic E-state index is 0.0736. The van der Waals surface area contributed by atoms with Crippen LogP contribution in [0.3, 0.4) is 0 Å². The molecule has 0 aromatic heterocycles. The van der Waals surface area contributed by atoms with Gasteiger partial charge >= 0.3 is 6.03 Å². The van der Waals surface area contributed by atoms with E-state index in [1.165, 1.54) is 0 Å². The predicted molar refractivity (Wildman–Crippen MR) is 164 cm³/mol. The van der Waals surface area contributed by atoms with E-state index in [2.05, 4.69) is 5.32 Å². The lowest BCUT2D eigenvalue weighted by molar-refractivity contribution is -0.137. The molecule has 0 spiro atoms. The number of halogens is 1. The lowest BCUT2D eigenvalue weighted by atomic mass is 10.1. The Morgan fingerprint density at radius 3 is 2.45 bits per heavy atom. The van der Waals surface area contributed by atoms with Crippen molar-refractivity contribution in [3.63, 3.8) is 0 Å². The molecule has 2 heterocycles. The van der Waals surface area contributed by atoms with Crippen LogP contribution in [0.15, 0.2) is 42.5 Å². The quantitative estimate of drug-likeness (QED) is 0.455. The summed E-state index contributed by atoms with van der Waals surface area (Å²) in [6, 6.07) is 11.0. The van der Waals surface area contributed by atoms with Crippen molar-refractivity contribution in [3.8, 4) is 5.75 Å². The monoisotopic (exact) mass is 598 g/mol. The third kappa shape index (κ3) is 7.75. The number of piperidine rings is 1. The van der Waals surface area contributed by atoms with Gasteiger partial charge in [0.25, 0.3) is 5.91 Å². The first-order chi connectivity index (χ1) is 20.0. The van der Waals surface area contributed by atoms with Gasteiger partial charge in [-0.1, -0.05) is 29.8 Å². The number of hydrogen-bond acceptors (Lipinski definition) is 5. The molecule has 1 saturated heterocycles. The highest BCUT2D eigenvalue weighted by Gasteiger charge is 2.35. The van der Waals surface area contributed by atoms with Gasteiger partial charge in [0.05, 0.1) is 29.4 Å². The minimum atomic E-state index is -0.819. The fraction of sp³-hybridized carbons (Fsp3) is 0.531. The summed E-state index contributed by atoms with van der Waals surface area (Å²) in [5, 5.41) is 3.28. The molecular weight excluding hydrogens is 556 g/mol. The predicted octanol–water partition coefficient (Wildman–Crippen LogP) is 5.50. The fourth-order valence-electron chi connectivity index (χ4n) is 5.32. The molecule has 2 aliphatic heterocycles. The Labute approximate surface area is 254 Å². The smallest absolute Gasteiger partial charge is 0.318 e. The minimum Gasteiger partial charge on any atom is -0.494 e. The number of hydrogen-bond donors (Lipinski definition) is 1. The van der Waals surface area contributed by atoms with Crippen LogP contribution < -0.4 is 15.0 Å². The largest absolute Gasteiger partial charge is 0.494 e. The summed E-state index contributed by atoms with van der Waals surface area (Å²) in [7, 11) is 0. The summed E-state index contributed by atoms with van der Waals surface area (Å²) in [6.45, 7) is 12.0. The second-order valence-corrected chi connectivity index (χ2v) is 12.3. The van der Waals surface area contributed by atoms with E-state index in [1.807, 2.05) is 63.8 Å². The number of urea groups is 1. The number of nitrogens with one attached hydrogen (secondary N) is 1. The van der Waals surface area contributed by atoms with Gasteiger partial charge in [0, 0.05) is 37.9 Å². The second kappa shape index (κ2) is 13.8. The van der Waals surface area contributed by atoms with Crippen LogP contribution >= 0.6 is 11.6 Å². The van der Waals surface area contributed by atoms with Crippen molar-refractivity contribution in [2.24, 2.45) is 0 Å². The van der Waals surface area contributed by atoms with Crippen LogP contribution in [0.2, 0.25) is 5.02 Å². The molecule has 10 heteroatoms. The maximum Gasteiger partial charge on any atom is 0.318 e. The molecule has 4 rings (SSSR count). The van der Waals surface area contributed by atoms with E-state index in [-0.39, 0.29) is 43.6 Å². The van der Waals surface area contributed by atoms with Crippen molar-refractivity contribution >= 4 is 35.1 Å². The number of benzene rings is 2. The van der Waals surface area contributed by atoms with Crippen LogP contribution in [-0.4, -0.2) is 78.2 Å². The summed E-state index contributed by atoms with van der Waals surface area (Å²) in [5.74, 6) is 0.203. The standard InChI is InChI=1S/C32H43ClN4O5/c1-6-41-24-14-15-25(26(33)18-24)29(38)37-19-22(2)36(20-23-12-8-9-13-28(23)37)31(40)34-27(21-42-32(3,4)5)30(39)35-16-10-7-11-17-35/h8-9,12-15,18,22,27H,6-7,10-11,16-17,19-21H2,1-5H3,(H,34,40)/t22-,27?/m1/s1. The Morgan fingerprint density at radius 2 is 1.79 bits per heavy atom. The maximum absolute atomic E-state index is 13.9. The molecule has 1 unspecified atom stereocenters. The molecule has 42 heavy (non-hydrogen) atoms. The SMILES string of the molecule is CCOc1ccc(C(=O)N2C[C@@H](C)N(C(=O)NC(COC(C)(C)C)C(=O)N3CCCCC3)Cc3ccccc32)c(Cl)c1. The zero-order valence-corrected chi connectivity index (χ0v) is 26.1. The van der Waals surface area contributed by atoms with Crippen molar-refractivity contribution < 1.29 is 23.9 Å². The van der Waals surface area contributed by atoms with E-state index < -0.39 is 11.6 Å². The van der Waals surface area contributed by atoms with Gasteiger partial charge in [0.2, 0.25) is 5.91 Å². The number of fused-ring (bicyclic) bond motifs is 1. The third-order valence-corrected chi connectivity index (χ3v) is 7.85. The number of nitrogens with zero attached hydrogens (tertiary/aromatic N) is 3. The number of carbonyl (C=O) groups is 3. The lowest BCUT2D eigenvalue weighted by Gasteiger charge is -2.34. The van der Waals surface area contributed by atoms with Gasteiger partial charge in [-0.05, 0) is 83.7 Å². The van der Waals surface area contributed by atoms with Crippen LogP contribution in [0, 0.1) is 0 Å². The molecule has 2 aliphatic rings. The molecule has 2 aromatic carbocycles. The number of rotatable bonds is 7. The highest BCUT2D eigenvalue weighted by atomic mass is 35.5. The molecule has 0 saturated carbocycles. The summed E-state index contributed by atoms with van der Waals surface area (Å²) in [6.07, 6.45) is 3.00. The van der Waals surface area contributed by atoms with E-state index >= 15 is 0 Å². The zero-order chi connectivity index (χ0) is 30.4. The molecule has 0 aliphatic carbocycles. The topological polar surface area (TPSA) is 91.4 Å². The highest BCUT2D eigenvalue weighted by molar-refractivity contribution is 6.34. The van der Waals surface area contributed by atoms with E-state index in [4.69, 9.17) is 21.1 Å². The average molecular weight is 599 g/mol. The Bertz CT molecular complexity index is 1270. The van der Waals surface area contributed by atoms with E-state index in [1.54, 1.807) is 28.0 Å². The fourth-order valence-corrected chi connectivity index (χ4v) is 5.57. The Morgan fingerprint density at radius 1 is 1.07 bits per heavy atom. The van der Waals surface area contributed by atoms with Crippen molar-refractivity contribution in [2.75, 3.05) is 37.7 Å². The summed E-state index contributed by atoms with van der Waals surface area (Å²) < 4.78 is 11.5. The second-order valence-electron chi connectivity index (χ2n) is 11.9. The van der Waals surface area contributed by atoms with Gasteiger partial charge < -0.3 is 29.5 Å². The molecule has 4 amide bonds. The normalized spacial score (nSPS) is 18.1. The first-order valence-corrected chi connectivity index (χ1v) is 15.2. The average Bonchev–Trinajstić information content (AvgIpc) is 3.11. The number of carbonyl (C=O) groups excluding carboxylic acids is 3. The molecular formula is C32H43ClN4O5. The van der Waals surface area contributed by atoms with Gasteiger partial charge in [-0.2, -0.15) is 0 Å². The highest BCUT2D eigenvalue weighted by Crippen LogP contribution is 2.31. The maximum atomic E-state index is 13.9. The lowest BCUT2D eigenvalue weighted by Crippen LogP contribution is -2.57. The molecule has 0 radical (unpaired) electrons. The van der Waals surface area contributed by atoms with Gasteiger partial charge in [-0.3, -0.25) is 9.59 Å². The third-order valence-electron chi connectivity index (χ3n) is 7.54. The van der Waals surface area contributed by atoms with Gasteiger partial charge in [0.15, 0.2) is 0 Å². The summed E-state index contributed by atoms with van der Waals surface area (Å²) in [5.41, 5.74) is 1.42. The Balaban J connectivity index is 1.57. The molecule has 1 N–H and O–H groups in total. The number of likely N-dealkylation sites (tertiary alicyclic amines) is 1. The molecule has 228 valence electrons. The number of para-hydroxylation sites is 1. The number of anilines is 1. The molecule has 9 nitrogen and oxygen atoms in total. The molecule has 2 aromatic rings. The first-order valence-electron chi connectivity index (χ1n) is 14.8. The number of amides is 4.